The van der Waals surface area contributed by atoms with Crippen molar-refractivity contribution < 1.29 is 18.7 Å². The molecule has 0 unspecified atom stereocenters. The van der Waals surface area contributed by atoms with Crippen molar-refractivity contribution in [3.05, 3.63) is 89.2 Å². The highest BCUT2D eigenvalue weighted by atomic mass is 35.5. The summed E-state index contributed by atoms with van der Waals surface area (Å²) in [6, 6.07) is 20.1. The molecule has 0 saturated carbocycles. The zero-order valence-corrected chi connectivity index (χ0v) is 17.8. The van der Waals surface area contributed by atoms with Gasteiger partial charge < -0.3 is 9.64 Å². The lowest BCUT2D eigenvalue weighted by Gasteiger charge is -2.17. The first-order valence-electron chi connectivity index (χ1n) is 10.1. The Hall–Kier alpha value is -3.58. The second kappa shape index (κ2) is 9.70. The topological polar surface area (TPSA) is 70.7 Å². The van der Waals surface area contributed by atoms with Crippen molar-refractivity contribution in [2.75, 3.05) is 16.9 Å². The Bertz CT molecular complexity index is 1090. The van der Waals surface area contributed by atoms with Gasteiger partial charge in [0.1, 0.15) is 18.2 Å². The molecule has 3 aromatic carbocycles. The van der Waals surface area contributed by atoms with Crippen molar-refractivity contribution in [2.24, 2.45) is 5.92 Å². The van der Waals surface area contributed by atoms with Crippen LogP contribution in [0.2, 0.25) is 5.02 Å². The highest BCUT2D eigenvalue weighted by Crippen LogP contribution is 2.26. The van der Waals surface area contributed by atoms with Crippen LogP contribution < -0.4 is 20.5 Å². The van der Waals surface area contributed by atoms with Gasteiger partial charge in [-0.05, 0) is 66.2 Å². The number of benzene rings is 3. The number of hydrazine groups is 1. The van der Waals surface area contributed by atoms with E-state index < -0.39 is 5.92 Å². The van der Waals surface area contributed by atoms with Crippen LogP contribution in [0.4, 0.5) is 15.8 Å². The first-order valence-corrected chi connectivity index (χ1v) is 10.4. The Morgan fingerprint density at radius 2 is 1.72 bits per heavy atom. The molecule has 1 aliphatic rings. The Morgan fingerprint density at radius 1 is 1.03 bits per heavy atom. The van der Waals surface area contributed by atoms with E-state index in [1.807, 2.05) is 0 Å². The Balaban J connectivity index is 1.26. The maximum Gasteiger partial charge on any atom is 0.243 e. The molecule has 0 aliphatic carbocycles. The molecule has 0 bridgehead atoms. The Morgan fingerprint density at radius 3 is 2.41 bits per heavy atom. The molecular weight excluding hydrogens is 433 g/mol. The van der Waals surface area contributed by atoms with Crippen LogP contribution >= 0.6 is 11.6 Å². The van der Waals surface area contributed by atoms with Crippen molar-refractivity contribution in [3.8, 4) is 5.75 Å². The molecule has 32 heavy (non-hydrogen) atoms. The van der Waals surface area contributed by atoms with Gasteiger partial charge in [0.15, 0.2) is 0 Å². The van der Waals surface area contributed by atoms with Crippen molar-refractivity contribution in [1.82, 2.24) is 5.43 Å². The molecule has 1 atom stereocenters. The number of nitrogens with zero attached hydrogens (tertiary/aromatic N) is 1. The summed E-state index contributed by atoms with van der Waals surface area (Å²) in [6.45, 7) is 0.633. The van der Waals surface area contributed by atoms with Crippen LogP contribution in [-0.4, -0.2) is 18.4 Å². The van der Waals surface area contributed by atoms with Crippen LogP contribution in [0.5, 0.6) is 5.75 Å². The van der Waals surface area contributed by atoms with E-state index in [1.54, 1.807) is 65.6 Å². The number of halogens is 2. The molecule has 2 amide bonds. The lowest BCUT2D eigenvalue weighted by atomic mass is 10.1. The quantitative estimate of drug-likeness (QED) is 0.515. The minimum atomic E-state index is -0.455. The number of nitrogens with one attached hydrogen (secondary N) is 2. The van der Waals surface area contributed by atoms with Gasteiger partial charge in [-0.2, -0.15) is 0 Å². The number of rotatable bonds is 7. The van der Waals surface area contributed by atoms with E-state index in [9.17, 15) is 14.0 Å². The van der Waals surface area contributed by atoms with Gasteiger partial charge in [0, 0.05) is 23.7 Å². The maximum absolute atomic E-state index is 13.0. The third-order valence-corrected chi connectivity index (χ3v) is 5.39. The fourth-order valence-corrected chi connectivity index (χ4v) is 3.50. The van der Waals surface area contributed by atoms with Gasteiger partial charge in [-0.25, -0.2) is 4.39 Å². The van der Waals surface area contributed by atoms with Crippen LogP contribution in [-0.2, 0) is 16.2 Å². The van der Waals surface area contributed by atoms with Gasteiger partial charge in [-0.1, -0.05) is 23.7 Å². The molecule has 0 spiro atoms. The second-order valence-corrected chi connectivity index (χ2v) is 7.87. The van der Waals surface area contributed by atoms with Crippen LogP contribution in [0.3, 0.4) is 0 Å². The van der Waals surface area contributed by atoms with E-state index in [2.05, 4.69) is 10.9 Å². The maximum atomic E-state index is 13.0. The molecule has 2 N–H and O–H groups in total. The third kappa shape index (κ3) is 5.36. The summed E-state index contributed by atoms with van der Waals surface area (Å²) < 4.78 is 18.6. The van der Waals surface area contributed by atoms with E-state index >= 15 is 0 Å². The Kier molecular flexibility index (Phi) is 6.56. The number of anilines is 2. The van der Waals surface area contributed by atoms with Gasteiger partial charge in [0.05, 0.1) is 11.6 Å². The summed E-state index contributed by atoms with van der Waals surface area (Å²) >= 11 is 5.90. The Labute approximate surface area is 189 Å². The third-order valence-electron chi connectivity index (χ3n) is 5.14. The standard InChI is InChI=1S/C24H21ClFN3O3/c25-18-3-9-21(10-4-18)29-14-17(13-23(29)30)24(31)28-27-20-7-11-22(12-8-20)32-15-16-1-5-19(26)6-2-16/h1-12,17,27H,13-15H2,(H,28,31)/t17-/m1/s1. The monoisotopic (exact) mass is 453 g/mol. The van der Waals surface area contributed by atoms with Crippen molar-refractivity contribution in [2.45, 2.75) is 13.0 Å². The highest BCUT2D eigenvalue weighted by molar-refractivity contribution is 6.30. The fraction of sp³-hybridized carbons (Fsp3) is 0.167. The lowest BCUT2D eigenvalue weighted by molar-refractivity contribution is -0.125. The van der Waals surface area contributed by atoms with E-state index in [-0.39, 0.29) is 24.1 Å². The van der Waals surface area contributed by atoms with Gasteiger partial charge in [0.25, 0.3) is 0 Å². The van der Waals surface area contributed by atoms with E-state index in [0.717, 1.165) is 11.3 Å². The fourth-order valence-electron chi connectivity index (χ4n) is 3.37. The zero-order valence-electron chi connectivity index (χ0n) is 17.1. The average molecular weight is 454 g/mol. The number of hydrogen-bond donors (Lipinski definition) is 2. The number of carbonyl (C=O) groups excluding carboxylic acids is 2. The van der Waals surface area contributed by atoms with Gasteiger partial charge >= 0.3 is 0 Å². The first kappa shape index (κ1) is 21.6. The van der Waals surface area contributed by atoms with Crippen LogP contribution in [0, 0.1) is 11.7 Å². The first-order chi connectivity index (χ1) is 15.5. The van der Waals surface area contributed by atoms with Crippen LogP contribution in [0.15, 0.2) is 72.8 Å². The van der Waals surface area contributed by atoms with E-state index in [0.29, 0.717) is 29.6 Å². The summed E-state index contributed by atoms with van der Waals surface area (Å²) in [5, 5.41) is 0.589. The van der Waals surface area contributed by atoms with Crippen LogP contribution in [0.1, 0.15) is 12.0 Å². The highest BCUT2D eigenvalue weighted by Gasteiger charge is 2.35. The SMILES string of the molecule is O=C(NNc1ccc(OCc2ccc(F)cc2)cc1)[C@@H]1CC(=O)N(c2ccc(Cl)cc2)C1. The average Bonchev–Trinajstić information content (AvgIpc) is 3.20. The predicted molar refractivity (Wildman–Crippen MR) is 121 cm³/mol. The molecule has 8 heteroatoms. The van der Waals surface area contributed by atoms with E-state index in [4.69, 9.17) is 16.3 Å². The van der Waals surface area contributed by atoms with Crippen molar-refractivity contribution in [1.29, 1.82) is 0 Å². The molecule has 4 rings (SSSR count). The predicted octanol–water partition coefficient (Wildman–Crippen LogP) is 4.55. The summed E-state index contributed by atoms with van der Waals surface area (Å²) in [6.07, 6.45) is 0.145. The molecule has 1 heterocycles. The molecule has 6 nitrogen and oxygen atoms in total. The minimum absolute atomic E-state index is 0.102. The van der Waals surface area contributed by atoms with Gasteiger partial charge in [-0.3, -0.25) is 20.4 Å². The second-order valence-electron chi connectivity index (χ2n) is 7.44. The molecule has 1 saturated heterocycles. The largest absolute Gasteiger partial charge is 0.489 e. The number of carbonyl (C=O) groups is 2. The molecule has 0 radical (unpaired) electrons. The van der Waals surface area contributed by atoms with Crippen molar-refractivity contribution >= 4 is 34.8 Å². The van der Waals surface area contributed by atoms with Crippen molar-refractivity contribution in [3.63, 3.8) is 0 Å². The summed E-state index contributed by atoms with van der Waals surface area (Å²) in [5.74, 6) is -0.456. The van der Waals surface area contributed by atoms with Gasteiger partial charge in [0.2, 0.25) is 11.8 Å². The van der Waals surface area contributed by atoms with Gasteiger partial charge in [-0.15, -0.1) is 0 Å². The molecule has 164 valence electrons. The molecule has 3 aromatic rings. The molecule has 1 fully saturated rings. The van der Waals surface area contributed by atoms with Crippen LogP contribution in [0.25, 0.3) is 0 Å². The molecule has 1 aliphatic heterocycles. The zero-order chi connectivity index (χ0) is 22.5. The number of amides is 2. The number of hydrogen-bond acceptors (Lipinski definition) is 4. The molecule has 0 aromatic heterocycles. The van der Waals surface area contributed by atoms with E-state index in [1.165, 1.54) is 12.1 Å². The lowest BCUT2D eigenvalue weighted by Crippen LogP contribution is -2.36. The smallest absolute Gasteiger partial charge is 0.243 e. The minimum Gasteiger partial charge on any atom is -0.489 e. The summed E-state index contributed by atoms with van der Waals surface area (Å²) in [5.41, 5.74) is 7.78. The normalized spacial score (nSPS) is 15.5. The number of ether oxygens (including phenoxy) is 1. The molecular formula is C24H21ClFN3O3. The summed E-state index contributed by atoms with van der Waals surface area (Å²) in [4.78, 5) is 26.4. The summed E-state index contributed by atoms with van der Waals surface area (Å²) in [7, 11) is 0.